The lowest BCUT2D eigenvalue weighted by molar-refractivity contribution is 0.0486. The summed E-state index contributed by atoms with van der Waals surface area (Å²) in [5.74, 6) is -0.261. The van der Waals surface area contributed by atoms with Crippen LogP contribution in [0.1, 0.15) is 36.0 Å². The van der Waals surface area contributed by atoms with Crippen molar-refractivity contribution < 1.29 is 9.53 Å². The highest BCUT2D eigenvalue weighted by Crippen LogP contribution is 2.10. The first kappa shape index (κ1) is 12.0. The number of piperidine rings is 1. The van der Waals surface area contributed by atoms with Crippen LogP contribution in [0, 0.1) is 0 Å². The van der Waals surface area contributed by atoms with Crippen molar-refractivity contribution in [1.82, 2.24) is 10.3 Å². The number of carbonyl (C=O) groups is 1. The van der Waals surface area contributed by atoms with E-state index in [1.807, 2.05) is 0 Å². The molecule has 0 bridgehead atoms. The summed E-state index contributed by atoms with van der Waals surface area (Å²) in [6.45, 7) is 1.57. The fraction of sp³-hybridized carbons (Fsp3) is 0.538. The number of carbonyl (C=O) groups excluding carboxylic acids is 1. The molecule has 0 saturated carbocycles. The van der Waals surface area contributed by atoms with E-state index >= 15 is 0 Å². The standard InChI is InChI=1S/C13H18N2O2/c16-13(11-4-8-14-9-5-11)17-10-6-12-3-1-2-7-15-12/h4-5,8-9,12,15H,1-3,6-7,10H2/t12-/m1/s1. The predicted molar refractivity (Wildman–Crippen MR) is 64.8 cm³/mol. The zero-order valence-electron chi connectivity index (χ0n) is 9.89. The van der Waals surface area contributed by atoms with E-state index in [2.05, 4.69) is 10.3 Å². The molecule has 0 radical (unpaired) electrons. The van der Waals surface area contributed by atoms with Gasteiger partial charge in [-0.1, -0.05) is 6.42 Å². The minimum absolute atomic E-state index is 0.261. The Hall–Kier alpha value is -1.42. The van der Waals surface area contributed by atoms with Crippen LogP contribution >= 0.6 is 0 Å². The average molecular weight is 234 g/mol. The molecule has 2 heterocycles. The van der Waals surface area contributed by atoms with Gasteiger partial charge in [-0.25, -0.2) is 4.79 Å². The lowest BCUT2D eigenvalue weighted by atomic mass is 10.0. The SMILES string of the molecule is O=C(OCC[C@H]1CCCCN1)c1ccncc1. The molecule has 1 saturated heterocycles. The Balaban J connectivity index is 1.69. The minimum Gasteiger partial charge on any atom is -0.462 e. The van der Waals surface area contributed by atoms with Crippen molar-refractivity contribution in [2.24, 2.45) is 0 Å². The van der Waals surface area contributed by atoms with Crippen LogP contribution in [0.4, 0.5) is 0 Å². The quantitative estimate of drug-likeness (QED) is 0.807. The molecule has 1 N–H and O–H groups in total. The van der Waals surface area contributed by atoms with Crippen LogP contribution < -0.4 is 5.32 Å². The third kappa shape index (κ3) is 3.82. The minimum atomic E-state index is -0.261. The first-order chi connectivity index (χ1) is 8.36. The smallest absolute Gasteiger partial charge is 0.338 e. The van der Waals surface area contributed by atoms with Crippen LogP contribution in [-0.2, 0) is 4.74 Å². The van der Waals surface area contributed by atoms with Gasteiger partial charge in [-0.3, -0.25) is 4.98 Å². The Bertz CT molecular complexity index is 348. The normalized spacial score (nSPS) is 19.9. The van der Waals surface area contributed by atoms with Crippen molar-refractivity contribution >= 4 is 5.97 Å². The van der Waals surface area contributed by atoms with E-state index in [1.165, 1.54) is 19.3 Å². The number of hydrogen-bond acceptors (Lipinski definition) is 4. The molecule has 0 unspecified atom stereocenters. The predicted octanol–water partition coefficient (Wildman–Crippen LogP) is 1.77. The summed E-state index contributed by atoms with van der Waals surface area (Å²) in [5.41, 5.74) is 0.566. The highest BCUT2D eigenvalue weighted by molar-refractivity contribution is 5.89. The molecule has 1 aromatic rings. The van der Waals surface area contributed by atoms with E-state index in [-0.39, 0.29) is 5.97 Å². The third-order valence-corrected chi connectivity index (χ3v) is 3.03. The Morgan fingerprint density at radius 2 is 2.24 bits per heavy atom. The molecule has 1 aliphatic rings. The molecule has 0 aromatic carbocycles. The van der Waals surface area contributed by atoms with Crippen LogP contribution in [-0.4, -0.2) is 30.1 Å². The molecule has 2 rings (SSSR count). The first-order valence-electron chi connectivity index (χ1n) is 6.17. The summed E-state index contributed by atoms with van der Waals surface area (Å²) >= 11 is 0. The molecule has 1 aromatic heterocycles. The van der Waals surface area contributed by atoms with Gasteiger partial charge in [-0.15, -0.1) is 0 Å². The van der Waals surface area contributed by atoms with Crippen molar-refractivity contribution in [2.75, 3.05) is 13.2 Å². The van der Waals surface area contributed by atoms with E-state index in [4.69, 9.17) is 4.74 Å². The van der Waals surface area contributed by atoms with Crippen molar-refractivity contribution in [2.45, 2.75) is 31.7 Å². The Labute approximate surface area is 101 Å². The van der Waals surface area contributed by atoms with Crippen molar-refractivity contribution in [3.63, 3.8) is 0 Å². The summed E-state index contributed by atoms with van der Waals surface area (Å²) in [7, 11) is 0. The lowest BCUT2D eigenvalue weighted by Crippen LogP contribution is -2.35. The maximum atomic E-state index is 11.6. The maximum absolute atomic E-state index is 11.6. The number of ether oxygens (including phenoxy) is 1. The van der Waals surface area contributed by atoms with Crippen molar-refractivity contribution in [3.05, 3.63) is 30.1 Å². The van der Waals surface area contributed by atoms with Gasteiger partial charge in [0.05, 0.1) is 12.2 Å². The number of esters is 1. The topological polar surface area (TPSA) is 51.2 Å². The van der Waals surface area contributed by atoms with Crippen LogP contribution in [0.3, 0.4) is 0 Å². The number of nitrogens with one attached hydrogen (secondary N) is 1. The Morgan fingerprint density at radius 1 is 1.41 bits per heavy atom. The van der Waals surface area contributed by atoms with Gasteiger partial charge in [0.1, 0.15) is 0 Å². The zero-order chi connectivity index (χ0) is 11.9. The molecular formula is C13H18N2O2. The fourth-order valence-corrected chi connectivity index (χ4v) is 2.04. The second-order valence-electron chi connectivity index (χ2n) is 4.31. The molecule has 17 heavy (non-hydrogen) atoms. The maximum Gasteiger partial charge on any atom is 0.338 e. The van der Waals surface area contributed by atoms with Crippen molar-refractivity contribution in [1.29, 1.82) is 0 Å². The number of hydrogen-bond donors (Lipinski definition) is 1. The summed E-state index contributed by atoms with van der Waals surface area (Å²) in [4.78, 5) is 15.5. The van der Waals surface area contributed by atoms with E-state index in [1.54, 1.807) is 24.5 Å². The van der Waals surface area contributed by atoms with Crippen LogP contribution in [0.5, 0.6) is 0 Å². The fourth-order valence-electron chi connectivity index (χ4n) is 2.04. The van der Waals surface area contributed by atoms with Crippen LogP contribution in [0.15, 0.2) is 24.5 Å². The molecule has 4 heteroatoms. The van der Waals surface area contributed by atoms with Crippen molar-refractivity contribution in [3.8, 4) is 0 Å². The van der Waals surface area contributed by atoms with Gasteiger partial charge < -0.3 is 10.1 Å². The number of nitrogens with zero attached hydrogens (tertiary/aromatic N) is 1. The third-order valence-electron chi connectivity index (χ3n) is 3.03. The monoisotopic (exact) mass is 234 g/mol. The molecule has 92 valence electrons. The molecule has 1 fully saturated rings. The molecule has 0 amide bonds. The van der Waals surface area contributed by atoms with Gasteiger partial charge in [0, 0.05) is 18.4 Å². The highest BCUT2D eigenvalue weighted by atomic mass is 16.5. The van der Waals surface area contributed by atoms with E-state index in [9.17, 15) is 4.79 Å². The lowest BCUT2D eigenvalue weighted by Gasteiger charge is -2.23. The zero-order valence-corrected chi connectivity index (χ0v) is 9.89. The highest BCUT2D eigenvalue weighted by Gasteiger charge is 2.13. The van der Waals surface area contributed by atoms with Gasteiger partial charge >= 0.3 is 5.97 Å². The van der Waals surface area contributed by atoms with Gasteiger partial charge in [0.15, 0.2) is 0 Å². The first-order valence-corrected chi connectivity index (χ1v) is 6.17. The summed E-state index contributed by atoms with van der Waals surface area (Å²) in [5, 5.41) is 3.43. The second-order valence-corrected chi connectivity index (χ2v) is 4.31. The number of aromatic nitrogens is 1. The number of rotatable bonds is 4. The molecule has 0 spiro atoms. The Morgan fingerprint density at radius 3 is 2.94 bits per heavy atom. The Kier molecular flexibility index (Phi) is 4.50. The summed E-state index contributed by atoms with van der Waals surface area (Å²) < 4.78 is 5.22. The van der Waals surface area contributed by atoms with Gasteiger partial charge in [-0.2, -0.15) is 0 Å². The molecule has 0 aliphatic carbocycles. The molecule has 1 aliphatic heterocycles. The molecule has 1 atom stereocenters. The average Bonchev–Trinajstić information content (AvgIpc) is 2.41. The molecular weight excluding hydrogens is 216 g/mol. The van der Waals surface area contributed by atoms with E-state index in [0.29, 0.717) is 18.2 Å². The van der Waals surface area contributed by atoms with Gasteiger partial charge in [-0.05, 0) is 37.9 Å². The van der Waals surface area contributed by atoms with Crippen LogP contribution in [0.2, 0.25) is 0 Å². The van der Waals surface area contributed by atoms with Gasteiger partial charge in [0.2, 0.25) is 0 Å². The van der Waals surface area contributed by atoms with Crippen LogP contribution in [0.25, 0.3) is 0 Å². The second kappa shape index (κ2) is 6.35. The van der Waals surface area contributed by atoms with Gasteiger partial charge in [0.25, 0.3) is 0 Å². The number of pyridine rings is 1. The van der Waals surface area contributed by atoms with E-state index < -0.39 is 0 Å². The largest absolute Gasteiger partial charge is 0.462 e. The summed E-state index contributed by atoms with van der Waals surface area (Å²) in [6.07, 6.45) is 7.81. The summed E-state index contributed by atoms with van der Waals surface area (Å²) in [6, 6.07) is 3.84. The molecule has 4 nitrogen and oxygen atoms in total. The van der Waals surface area contributed by atoms with E-state index in [0.717, 1.165) is 13.0 Å².